The highest BCUT2D eigenvalue weighted by molar-refractivity contribution is 5.40. The van der Waals surface area contributed by atoms with Crippen LogP contribution in [0.4, 0.5) is 10.1 Å². The van der Waals surface area contributed by atoms with E-state index < -0.39 is 6.67 Å². The predicted octanol–water partition coefficient (Wildman–Crippen LogP) is 2.54. The molecular weight excluding hydrogens is 205 g/mol. The van der Waals surface area contributed by atoms with Crippen LogP contribution < -0.4 is 5.73 Å². The van der Waals surface area contributed by atoms with Crippen LogP contribution in [0.1, 0.15) is 24.4 Å². The summed E-state index contributed by atoms with van der Waals surface area (Å²) in [6, 6.07) is 7.65. The Morgan fingerprint density at radius 3 is 2.69 bits per heavy atom. The normalized spacial score (nSPS) is 12.6. The Kier molecular flexibility index (Phi) is 2.90. The largest absolute Gasteiger partial charge is 0.399 e. The first kappa shape index (κ1) is 10.7. The third kappa shape index (κ3) is 1.91. The highest BCUT2D eigenvalue weighted by atomic mass is 19.1. The number of nitrogens with two attached hydrogens (primary N) is 1. The fraction of sp³-hybridized carbons (Fsp3) is 0.250. The van der Waals surface area contributed by atoms with Crippen molar-refractivity contribution in [3.8, 4) is 0 Å². The maximum Gasteiger partial charge on any atom is 0.147 e. The van der Waals surface area contributed by atoms with E-state index in [0.29, 0.717) is 5.82 Å². The number of anilines is 1. The molecule has 1 aromatic heterocycles. The Morgan fingerprint density at radius 2 is 2.06 bits per heavy atom. The van der Waals surface area contributed by atoms with Gasteiger partial charge in [-0.15, -0.1) is 0 Å². The van der Waals surface area contributed by atoms with Crippen molar-refractivity contribution in [3.05, 3.63) is 48.0 Å². The van der Waals surface area contributed by atoms with Crippen LogP contribution in [0.5, 0.6) is 0 Å². The van der Waals surface area contributed by atoms with Crippen LogP contribution in [0.3, 0.4) is 0 Å². The van der Waals surface area contributed by atoms with Crippen molar-refractivity contribution in [1.29, 1.82) is 0 Å². The average Bonchev–Trinajstić information content (AvgIpc) is 2.77. The Bertz CT molecular complexity index is 461. The standard InChI is InChI=1S/C12H14FN3/c1-9(10-2-4-11(14)5-3-10)16-7-6-15-12(16)8-13/h2-7,9H,8,14H2,1H3/t9-/m1/s1. The van der Waals surface area contributed by atoms with Crippen LogP contribution in [0, 0.1) is 0 Å². The number of rotatable bonds is 3. The lowest BCUT2D eigenvalue weighted by molar-refractivity contribution is 0.439. The first-order chi connectivity index (χ1) is 7.72. The molecule has 3 nitrogen and oxygen atoms in total. The van der Waals surface area contributed by atoms with Crippen LogP contribution in [-0.2, 0) is 6.67 Å². The Balaban J connectivity index is 2.31. The first-order valence-corrected chi connectivity index (χ1v) is 5.15. The van der Waals surface area contributed by atoms with Gasteiger partial charge in [-0.2, -0.15) is 0 Å². The maximum atomic E-state index is 12.7. The minimum atomic E-state index is -0.549. The summed E-state index contributed by atoms with van der Waals surface area (Å²) < 4.78 is 14.5. The second kappa shape index (κ2) is 4.35. The second-order valence-corrected chi connectivity index (χ2v) is 3.73. The summed E-state index contributed by atoms with van der Waals surface area (Å²) in [7, 11) is 0. The van der Waals surface area contributed by atoms with Gasteiger partial charge in [-0.25, -0.2) is 9.37 Å². The topological polar surface area (TPSA) is 43.8 Å². The van der Waals surface area contributed by atoms with E-state index in [1.807, 2.05) is 35.8 Å². The summed E-state index contributed by atoms with van der Waals surface area (Å²) in [5.41, 5.74) is 7.44. The molecule has 0 radical (unpaired) electrons. The molecule has 0 saturated carbocycles. The Morgan fingerprint density at radius 1 is 1.38 bits per heavy atom. The summed E-state index contributed by atoms with van der Waals surface area (Å²) >= 11 is 0. The molecule has 0 amide bonds. The molecule has 1 aromatic carbocycles. The zero-order chi connectivity index (χ0) is 11.5. The number of alkyl halides is 1. The molecule has 0 aliphatic rings. The highest BCUT2D eigenvalue weighted by Gasteiger charge is 2.11. The number of halogens is 1. The molecule has 4 heteroatoms. The molecule has 0 aliphatic heterocycles. The monoisotopic (exact) mass is 219 g/mol. The molecule has 0 spiro atoms. The molecule has 0 fully saturated rings. The Hall–Kier alpha value is -1.84. The van der Waals surface area contributed by atoms with Crippen molar-refractivity contribution in [2.45, 2.75) is 19.6 Å². The van der Waals surface area contributed by atoms with Crippen LogP contribution in [0.15, 0.2) is 36.7 Å². The van der Waals surface area contributed by atoms with Gasteiger partial charge in [0.2, 0.25) is 0 Å². The molecule has 0 aliphatic carbocycles. The van der Waals surface area contributed by atoms with E-state index in [1.54, 1.807) is 12.4 Å². The number of benzene rings is 1. The molecule has 2 aromatic rings. The van der Waals surface area contributed by atoms with Gasteiger partial charge in [0, 0.05) is 18.1 Å². The van der Waals surface area contributed by atoms with Crippen molar-refractivity contribution in [1.82, 2.24) is 9.55 Å². The lowest BCUT2D eigenvalue weighted by Crippen LogP contribution is -2.09. The van der Waals surface area contributed by atoms with Crippen molar-refractivity contribution < 1.29 is 4.39 Å². The highest BCUT2D eigenvalue weighted by Crippen LogP contribution is 2.20. The number of aromatic nitrogens is 2. The van der Waals surface area contributed by atoms with E-state index >= 15 is 0 Å². The summed E-state index contributed by atoms with van der Waals surface area (Å²) in [6.07, 6.45) is 3.40. The molecule has 2 rings (SSSR count). The maximum absolute atomic E-state index is 12.7. The van der Waals surface area contributed by atoms with E-state index in [9.17, 15) is 4.39 Å². The summed E-state index contributed by atoms with van der Waals surface area (Å²) in [4.78, 5) is 3.96. The van der Waals surface area contributed by atoms with Crippen LogP contribution in [0.2, 0.25) is 0 Å². The molecular formula is C12H14FN3. The minimum Gasteiger partial charge on any atom is -0.399 e. The second-order valence-electron chi connectivity index (χ2n) is 3.73. The third-order valence-electron chi connectivity index (χ3n) is 2.70. The van der Waals surface area contributed by atoms with Gasteiger partial charge in [0.05, 0.1) is 6.04 Å². The van der Waals surface area contributed by atoms with Gasteiger partial charge in [-0.1, -0.05) is 12.1 Å². The average molecular weight is 219 g/mol. The van der Waals surface area contributed by atoms with Gasteiger partial charge < -0.3 is 10.3 Å². The van der Waals surface area contributed by atoms with Gasteiger partial charge in [-0.3, -0.25) is 0 Å². The van der Waals surface area contributed by atoms with E-state index in [4.69, 9.17) is 5.73 Å². The minimum absolute atomic E-state index is 0.0637. The first-order valence-electron chi connectivity index (χ1n) is 5.15. The molecule has 16 heavy (non-hydrogen) atoms. The van der Waals surface area contributed by atoms with Crippen molar-refractivity contribution in [3.63, 3.8) is 0 Å². The van der Waals surface area contributed by atoms with Gasteiger partial charge in [-0.05, 0) is 24.6 Å². The molecule has 1 atom stereocenters. The van der Waals surface area contributed by atoms with Gasteiger partial charge in [0.1, 0.15) is 12.5 Å². The SMILES string of the molecule is C[C@H](c1ccc(N)cc1)n1ccnc1CF. The van der Waals surface area contributed by atoms with E-state index in [-0.39, 0.29) is 6.04 Å². The fourth-order valence-corrected chi connectivity index (χ4v) is 1.74. The van der Waals surface area contributed by atoms with Crippen LogP contribution in [-0.4, -0.2) is 9.55 Å². The summed E-state index contributed by atoms with van der Waals surface area (Å²) in [5, 5.41) is 0. The number of nitrogen functional groups attached to an aromatic ring is 1. The van der Waals surface area contributed by atoms with Gasteiger partial charge in [0.25, 0.3) is 0 Å². The van der Waals surface area contributed by atoms with Crippen molar-refractivity contribution in [2.75, 3.05) is 5.73 Å². The van der Waals surface area contributed by atoms with E-state index in [2.05, 4.69) is 4.98 Å². The quantitative estimate of drug-likeness (QED) is 0.806. The fourth-order valence-electron chi connectivity index (χ4n) is 1.74. The number of hydrogen-bond donors (Lipinski definition) is 1. The van der Waals surface area contributed by atoms with E-state index in [0.717, 1.165) is 11.3 Å². The molecule has 2 N–H and O–H groups in total. The molecule has 1 heterocycles. The number of hydrogen-bond acceptors (Lipinski definition) is 2. The zero-order valence-electron chi connectivity index (χ0n) is 9.10. The lowest BCUT2D eigenvalue weighted by Gasteiger charge is -2.15. The van der Waals surface area contributed by atoms with Crippen molar-refractivity contribution in [2.24, 2.45) is 0 Å². The zero-order valence-corrected chi connectivity index (χ0v) is 9.10. The van der Waals surface area contributed by atoms with Gasteiger partial charge in [0.15, 0.2) is 0 Å². The van der Waals surface area contributed by atoms with Gasteiger partial charge >= 0.3 is 0 Å². The summed E-state index contributed by atoms with van der Waals surface area (Å²) in [6.45, 7) is 1.46. The number of imidazole rings is 1. The smallest absolute Gasteiger partial charge is 0.147 e. The van der Waals surface area contributed by atoms with Crippen LogP contribution in [0.25, 0.3) is 0 Å². The Labute approximate surface area is 93.7 Å². The summed E-state index contributed by atoms with van der Waals surface area (Å²) in [5.74, 6) is 0.448. The van der Waals surface area contributed by atoms with Crippen LogP contribution >= 0.6 is 0 Å². The third-order valence-corrected chi connectivity index (χ3v) is 2.70. The predicted molar refractivity (Wildman–Crippen MR) is 61.7 cm³/mol. The van der Waals surface area contributed by atoms with E-state index in [1.165, 1.54) is 0 Å². The molecule has 0 bridgehead atoms. The molecule has 0 saturated heterocycles. The number of nitrogens with zero attached hydrogens (tertiary/aromatic N) is 2. The molecule has 0 unspecified atom stereocenters. The lowest BCUT2D eigenvalue weighted by atomic mass is 10.1. The molecule has 84 valence electrons. The van der Waals surface area contributed by atoms with Crippen molar-refractivity contribution >= 4 is 5.69 Å².